The lowest BCUT2D eigenvalue weighted by molar-refractivity contribution is 0.0989. The number of alkyl halides is 1. The highest BCUT2D eigenvalue weighted by molar-refractivity contribution is 6.19. The minimum atomic E-state index is 0.0855. The second-order valence-corrected chi connectivity index (χ2v) is 3.62. The van der Waals surface area contributed by atoms with Crippen molar-refractivity contribution in [2.24, 2.45) is 0 Å². The van der Waals surface area contributed by atoms with Crippen LogP contribution in [0.2, 0.25) is 0 Å². The molecule has 15 heavy (non-hydrogen) atoms. The second-order valence-electron chi connectivity index (χ2n) is 3.24. The summed E-state index contributed by atoms with van der Waals surface area (Å²) in [6, 6.07) is 5.50. The summed E-state index contributed by atoms with van der Waals surface area (Å²) in [5.41, 5.74) is 1.77. The van der Waals surface area contributed by atoms with Crippen LogP contribution in [0.1, 0.15) is 29.3 Å². The molecule has 3 heteroatoms. The highest BCUT2D eigenvalue weighted by Crippen LogP contribution is 2.21. The molecule has 82 valence electrons. The van der Waals surface area contributed by atoms with Crippen LogP contribution in [0.3, 0.4) is 0 Å². The van der Waals surface area contributed by atoms with E-state index in [1.165, 1.54) is 0 Å². The van der Waals surface area contributed by atoms with E-state index in [9.17, 15) is 4.79 Å². The van der Waals surface area contributed by atoms with Gasteiger partial charge in [-0.1, -0.05) is 6.92 Å². The molecule has 0 N–H and O–H groups in total. The number of ether oxygens (including phenoxy) is 1. The minimum absolute atomic E-state index is 0.0855. The molecular weight excluding hydrogens is 212 g/mol. The zero-order valence-electron chi connectivity index (χ0n) is 9.05. The molecular formula is C12H15ClO2. The van der Waals surface area contributed by atoms with Gasteiger partial charge in [0.05, 0.1) is 7.11 Å². The quantitative estimate of drug-likeness (QED) is 0.570. The number of rotatable bonds is 5. The first kappa shape index (κ1) is 12.1. The Morgan fingerprint density at radius 1 is 1.47 bits per heavy atom. The summed E-state index contributed by atoms with van der Waals surface area (Å²) < 4.78 is 5.19. The first-order chi connectivity index (χ1) is 7.22. The number of Topliss-reactive ketones (excluding diaryl/α,β-unsaturated/α-hetero) is 1. The summed E-state index contributed by atoms with van der Waals surface area (Å²) >= 11 is 5.53. The Hall–Kier alpha value is -1.02. The molecule has 0 saturated carbocycles. The molecule has 1 rings (SSSR count). The van der Waals surface area contributed by atoms with Gasteiger partial charge in [0.1, 0.15) is 5.75 Å². The fraction of sp³-hybridized carbons (Fsp3) is 0.417. The Balaban J connectivity index is 2.97. The van der Waals surface area contributed by atoms with Gasteiger partial charge in [0, 0.05) is 17.9 Å². The van der Waals surface area contributed by atoms with E-state index in [0.717, 1.165) is 17.7 Å². The fourth-order valence-corrected chi connectivity index (χ4v) is 1.63. The molecule has 1 aromatic rings. The van der Waals surface area contributed by atoms with Gasteiger partial charge < -0.3 is 4.74 Å². The average Bonchev–Trinajstić information content (AvgIpc) is 2.28. The number of halogens is 1. The molecule has 2 nitrogen and oxygen atoms in total. The van der Waals surface area contributed by atoms with Crippen molar-refractivity contribution in [3.05, 3.63) is 29.3 Å². The van der Waals surface area contributed by atoms with Gasteiger partial charge in [-0.3, -0.25) is 4.79 Å². The minimum Gasteiger partial charge on any atom is -0.496 e. The Bertz CT molecular complexity index is 347. The summed E-state index contributed by atoms with van der Waals surface area (Å²) in [6.45, 7) is 2.04. The number of ketones is 1. The molecule has 0 saturated heterocycles. The van der Waals surface area contributed by atoms with Gasteiger partial charge in [0.15, 0.2) is 5.78 Å². The van der Waals surface area contributed by atoms with E-state index in [-0.39, 0.29) is 5.78 Å². The number of aryl methyl sites for hydroxylation is 1. The molecule has 0 amide bonds. The fourth-order valence-electron chi connectivity index (χ4n) is 1.46. The van der Waals surface area contributed by atoms with E-state index >= 15 is 0 Å². The zero-order chi connectivity index (χ0) is 11.3. The molecule has 0 unspecified atom stereocenters. The van der Waals surface area contributed by atoms with Crippen LogP contribution in [0.15, 0.2) is 18.2 Å². The van der Waals surface area contributed by atoms with Crippen molar-refractivity contribution < 1.29 is 9.53 Å². The van der Waals surface area contributed by atoms with E-state index < -0.39 is 0 Å². The largest absolute Gasteiger partial charge is 0.496 e. The predicted molar refractivity (Wildman–Crippen MR) is 62.0 cm³/mol. The Morgan fingerprint density at radius 3 is 2.73 bits per heavy atom. The van der Waals surface area contributed by atoms with E-state index in [0.29, 0.717) is 17.9 Å². The maximum absolute atomic E-state index is 11.6. The molecule has 0 radical (unpaired) electrons. The van der Waals surface area contributed by atoms with E-state index in [4.69, 9.17) is 16.3 Å². The van der Waals surface area contributed by atoms with Crippen molar-refractivity contribution in [1.29, 1.82) is 0 Å². The molecule has 0 bridgehead atoms. The Morgan fingerprint density at radius 2 is 2.20 bits per heavy atom. The summed E-state index contributed by atoms with van der Waals surface area (Å²) in [5.74, 6) is 1.29. The number of methoxy groups -OCH3 is 1. The van der Waals surface area contributed by atoms with Crippen molar-refractivity contribution in [3.8, 4) is 5.75 Å². The normalized spacial score (nSPS) is 10.1. The molecule has 0 spiro atoms. The standard InChI is InChI=1S/C12H15ClO2/c1-3-9-8-10(11(14)6-7-13)4-5-12(9)15-2/h4-5,8H,3,6-7H2,1-2H3. The summed E-state index contributed by atoms with van der Waals surface area (Å²) in [5, 5.41) is 0. The van der Waals surface area contributed by atoms with Crippen molar-refractivity contribution in [3.63, 3.8) is 0 Å². The molecule has 0 atom stereocenters. The topological polar surface area (TPSA) is 26.3 Å². The molecule has 0 aliphatic carbocycles. The van der Waals surface area contributed by atoms with Crippen LogP contribution in [-0.4, -0.2) is 18.8 Å². The third-order valence-corrected chi connectivity index (χ3v) is 2.49. The molecule has 0 heterocycles. The number of hydrogen-bond acceptors (Lipinski definition) is 2. The van der Waals surface area contributed by atoms with Crippen molar-refractivity contribution >= 4 is 17.4 Å². The smallest absolute Gasteiger partial charge is 0.164 e. The summed E-state index contributed by atoms with van der Waals surface area (Å²) in [7, 11) is 1.63. The van der Waals surface area contributed by atoms with E-state index in [1.54, 1.807) is 13.2 Å². The van der Waals surface area contributed by atoms with Crippen LogP contribution in [0.5, 0.6) is 5.75 Å². The van der Waals surface area contributed by atoms with Gasteiger partial charge in [0.25, 0.3) is 0 Å². The lowest BCUT2D eigenvalue weighted by atomic mass is 10.0. The predicted octanol–water partition coefficient (Wildman–Crippen LogP) is 3.07. The van der Waals surface area contributed by atoms with Crippen LogP contribution in [0, 0.1) is 0 Å². The average molecular weight is 227 g/mol. The molecule has 0 aliphatic rings. The third kappa shape index (κ3) is 2.96. The van der Waals surface area contributed by atoms with Crippen molar-refractivity contribution in [1.82, 2.24) is 0 Å². The van der Waals surface area contributed by atoms with Crippen molar-refractivity contribution in [2.45, 2.75) is 19.8 Å². The van der Waals surface area contributed by atoms with Crippen LogP contribution in [0.4, 0.5) is 0 Å². The van der Waals surface area contributed by atoms with Gasteiger partial charge in [-0.2, -0.15) is 0 Å². The maximum atomic E-state index is 11.6. The molecule has 0 aromatic heterocycles. The van der Waals surface area contributed by atoms with E-state index in [1.807, 2.05) is 19.1 Å². The second kappa shape index (κ2) is 5.76. The molecule has 0 fully saturated rings. The number of carbonyl (C=O) groups is 1. The number of hydrogen-bond donors (Lipinski definition) is 0. The lowest BCUT2D eigenvalue weighted by Gasteiger charge is -2.08. The van der Waals surface area contributed by atoms with Crippen LogP contribution in [0.25, 0.3) is 0 Å². The zero-order valence-corrected chi connectivity index (χ0v) is 9.80. The van der Waals surface area contributed by atoms with Gasteiger partial charge in [-0.05, 0) is 30.2 Å². The van der Waals surface area contributed by atoms with Crippen LogP contribution >= 0.6 is 11.6 Å². The third-order valence-electron chi connectivity index (χ3n) is 2.30. The van der Waals surface area contributed by atoms with Crippen LogP contribution in [-0.2, 0) is 6.42 Å². The van der Waals surface area contributed by atoms with E-state index in [2.05, 4.69) is 0 Å². The summed E-state index contributed by atoms with van der Waals surface area (Å²) in [6.07, 6.45) is 1.24. The van der Waals surface area contributed by atoms with Gasteiger partial charge in [-0.25, -0.2) is 0 Å². The van der Waals surface area contributed by atoms with Gasteiger partial charge in [0.2, 0.25) is 0 Å². The molecule has 1 aromatic carbocycles. The number of benzene rings is 1. The first-order valence-corrected chi connectivity index (χ1v) is 5.52. The number of carbonyl (C=O) groups excluding carboxylic acids is 1. The lowest BCUT2D eigenvalue weighted by Crippen LogP contribution is -2.01. The highest BCUT2D eigenvalue weighted by Gasteiger charge is 2.08. The molecule has 0 aliphatic heterocycles. The van der Waals surface area contributed by atoms with Crippen LogP contribution < -0.4 is 4.74 Å². The van der Waals surface area contributed by atoms with Gasteiger partial charge >= 0.3 is 0 Å². The highest BCUT2D eigenvalue weighted by atomic mass is 35.5. The van der Waals surface area contributed by atoms with Gasteiger partial charge in [-0.15, -0.1) is 11.6 Å². The maximum Gasteiger partial charge on any atom is 0.164 e. The SMILES string of the molecule is CCc1cc(C(=O)CCCl)ccc1OC. The van der Waals surface area contributed by atoms with Crippen molar-refractivity contribution in [2.75, 3.05) is 13.0 Å². The first-order valence-electron chi connectivity index (χ1n) is 4.99. The Labute approximate surface area is 95.2 Å². The monoisotopic (exact) mass is 226 g/mol. The Kier molecular flexibility index (Phi) is 4.63. The summed E-state index contributed by atoms with van der Waals surface area (Å²) in [4.78, 5) is 11.6.